The minimum atomic E-state index is -2.03. The van der Waals surface area contributed by atoms with E-state index in [1.807, 2.05) is 0 Å². The van der Waals surface area contributed by atoms with E-state index >= 15 is 0 Å². The lowest BCUT2D eigenvalue weighted by atomic mass is 9.95. The summed E-state index contributed by atoms with van der Waals surface area (Å²) in [6.45, 7) is 8.60. The van der Waals surface area contributed by atoms with Crippen molar-refractivity contribution in [1.29, 1.82) is 0 Å². The molecule has 3 heterocycles. The fraction of sp³-hybridized carbons (Fsp3) is 0.725. The Hall–Kier alpha value is -6.03. The van der Waals surface area contributed by atoms with E-state index < -0.39 is 178 Å². The van der Waals surface area contributed by atoms with Gasteiger partial charge in [0.05, 0.1) is 6.61 Å². The molecule has 0 bridgehead atoms. The lowest BCUT2D eigenvalue weighted by Gasteiger charge is -2.49. The van der Waals surface area contributed by atoms with E-state index in [0.717, 1.165) is 76.2 Å². The average Bonchev–Trinajstić information content (AvgIpc) is 3.17. The molecule has 0 N–H and O–H groups in total. The van der Waals surface area contributed by atoms with Crippen LogP contribution in [0.25, 0.3) is 0 Å². The van der Waals surface area contributed by atoms with Crippen LogP contribution in [0.1, 0.15) is 76.2 Å². The molecule has 15 atom stereocenters. The third kappa shape index (κ3) is 17.0. The lowest BCUT2D eigenvalue weighted by Crippen LogP contribution is -2.68. The zero-order valence-corrected chi connectivity index (χ0v) is 38.3. The van der Waals surface area contributed by atoms with Crippen LogP contribution in [-0.2, 0) is 129 Å². The Bertz CT molecular complexity index is 1850. The average molecular weight is 967 g/mol. The van der Waals surface area contributed by atoms with Crippen LogP contribution in [0.15, 0.2) is 0 Å². The zero-order valence-electron chi connectivity index (χ0n) is 38.3. The highest BCUT2D eigenvalue weighted by Gasteiger charge is 2.59. The molecule has 3 aliphatic heterocycles. The molecule has 3 saturated heterocycles. The van der Waals surface area contributed by atoms with Crippen molar-refractivity contribution in [2.45, 2.75) is 168 Å². The fourth-order valence-corrected chi connectivity index (χ4v) is 7.04. The maximum atomic E-state index is 12.9. The molecule has 3 rings (SSSR count). The highest BCUT2D eigenvalue weighted by atomic mass is 16.8. The molecule has 0 amide bonds. The van der Waals surface area contributed by atoms with Gasteiger partial charge in [-0.05, 0) is 0 Å². The minimum absolute atomic E-state index is 0.641. The normalized spacial score (nSPS) is 31.2. The minimum Gasteiger partial charge on any atom is -0.463 e. The topological polar surface area (TPSA) is 335 Å². The van der Waals surface area contributed by atoms with Gasteiger partial charge in [0.2, 0.25) is 6.29 Å². The Morgan fingerprint density at radius 3 is 0.910 bits per heavy atom. The highest BCUT2D eigenvalue weighted by Crippen LogP contribution is 2.37. The summed E-state index contributed by atoms with van der Waals surface area (Å²) in [6, 6.07) is 0. The van der Waals surface area contributed by atoms with Crippen molar-refractivity contribution < 1.29 is 129 Å². The number of esters is 11. The van der Waals surface area contributed by atoms with Gasteiger partial charge in [-0.25, -0.2) is 0 Å². The predicted molar refractivity (Wildman–Crippen MR) is 206 cm³/mol. The Balaban J connectivity index is 2.25. The molecule has 3 fully saturated rings. The van der Waals surface area contributed by atoms with E-state index in [1.54, 1.807) is 0 Å². The van der Waals surface area contributed by atoms with E-state index in [-0.39, 0.29) is 0 Å². The third-order valence-corrected chi connectivity index (χ3v) is 9.09. The summed E-state index contributed by atoms with van der Waals surface area (Å²) in [5.41, 5.74) is 0. The molecule has 0 unspecified atom stereocenters. The molecule has 3 aliphatic rings. The summed E-state index contributed by atoms with van der Waals surface area (Å²) in [4.78, 5) is 137. The van der Waals surface area contributed by atoms with Crippen LogP contribution in [0.3, 0.4) is 0 Å². The van der Waals surface area contributed by atoms with Crippen molar-refractivity contribution in [2.24, 2.45) is 0 Å². The van der Waals surface area contributed by atoms with Crippen molar-refractivity contribution in [1.82, 2.24) is 0 Å². The highest BCUT2D eigenvalue weighted by molar-refractivity contribution is 5.71. The Morgan fingerprint density at radius 1 is 0.284 bits per heavy atom. The first-order chi connectivity index (χ1) is 31.3. The number of carbonyl (C=O) groups is 11. The number of ether oxygens (including phenoxy) is 16. The SMILES string of the molecule is CC(=O)OC[C@@H]1O[C@H](OC[C@H]2O[C@@H](OC(C)=O)[C@H](OC(C)=O)[C@@H](O[C@H]3O[C@@H](COC(C)=O)[C@H](OC(C)=O)[C@@H](OC(C)=O)[C@@H]3OC(C)=O)[C@@H]2OC(C)=O)[C@@H](OC(C)=O)[C@H](OC(C)=O)[C@H]1OC(C)=O. The Labute approximate surface area is 382 Å². The van der Waals surface area contributed by atoms with Gasteiger partial charge in [-0.1, -0.05) is 0 Å². The predicted octanol–water partition coefficient (Wildman–Crippen LogP) is -1.29. The van der Waals surface area contributed by atoms with Gasteiger partial charge >= 0.3 is 65.7 Å². The molecule has 0 aromatic heterocycles. The second-order valence-corrected chi connectivity index (χ2v) is 14.9. The molecule has 27 nitrogen and oxygen atoms in total. The molecular formula is C40H54O27. The van der Waals surface area contributed by atoms with Gasteiger partial charge in [-0.2, -0.15) is 0 Å². The van der Waals surface area contributed by atoms with E-state index in [2.05, 4.69) is 0 Å². The van der Waals surface area contributed by atoms with Crippen molar-refractivity contribution in [3.05, 3.63) is 0 Å². The number of rotatable bonds is 18. The van der Waals surface area contributed by atoms with Gasteiger partial charge in [-0.3, -0.25) is 52.7 Å². The number of hydrogen-bond acceptors (Lipinski definition) is 27. The molecule has 0 aromatic rings. The molecular weight excluding hydrogens is 912 g/mol. The summed E-state index contributed by atoms with van der Waals surface area (Å²) < 4.78 is 90.0. The van der Waals surface area contributed by atoms with E-state index in [0.29, 0.717) is 0 Å². The van der Waals surface area contributed by atoms with E-state index in [9.17, 15) is 52.7 Å². The van der Waals surface area contributed by atoms with Crippen LogP contribution < -0.4 is 0 Å². The molecule has 0 aliphatic carbocycles. The third-order valence-electron chi connectivity index (χ3n) is 9.09. The quantitative estimate of drug-likeness (QED) is 0.114. The van der Waals surface area contributed by atoms with Gasteiger partial charge in [0.15, 0.2) is 61.4 Å². The van der Waals surface area contributed by atoms with Crippen molar-refractivity contribution in [3.8, 4) is 0 Å². The van der Waals surface area contributed by atoms with Gasteiger partial charge < -0.3 is 75.8 Å². The molecule has 0 radical (unpaired) electrons. The Kier molecular flexibility index (Phi) is 20.8. The Morgan fingerprint density at radius 2 is 0.552 bits per heavy atom. The monoisotopic (exact) mass is 966 g/mol. The maximum absolute atomic E-state index is 12.9. The standard InChI is InChI=1S/C40H54O27/c1-15(41)52-12-26-29(55-17(3)43)32(58-20(6)46)35(60-22(8)48)38(64-26)54-14-28-31(57-19(5)45)34(37(62-24(10)50)39(65-28)63-25(11)51)67-40-36(61-23(9)49)33(59-21(7)47)30(56-18(4)44)27(66-40)13-53-16(2)42/h26-40H,12-14H2,1-11H3/t26-,27-,28+,29-,30-,31+,32+,33+,34-,35-,36-,37+,38-,39+,40+/m0/s1. The summed E-state index contributed by atoms with van der Waals surface area (Å²) in [5, 5.41) is 0. The largest absolute Gasteiger partial charge is 0.463 e. The van der Waals surface area contributed by atoms with Crippen molar-refractivity contribution in [2.75, 3.05) is 19.8 Å². The first kappa shape index (κ1) is 55.3. The van der Waals surface area contributed by atoms with Crippen molar-refractivity contribution in [3.63, 3.8) is 0 Å². The number of hydrogen-bond donors (Lipinski definition) is 0. The fourth-order valence-electron chi connectivity index (χ4n) is 7.04. The molecule has 27 heteroatoms. The van der Waals surface area contributed by atoms with Gasteiger partial charge in [0.1, 0.15) is 37.6 Å². The van der Waals surface area contributed by atoms with Crippen LogP contribution >= 0.6 is 0 Å². The van der Waals surface area contributed by atoms with Crippen LogP contribution in [0.2, 0.25) is 0 Å². The van der Waals surface area contributed by atoms with Crippen LogP contribution in [-0.4, -0.2) is 178 Å². The maximum Gasteiger partial charge on any atom is 0.305 e. The molecule has 0 aromatic carbocycles. The summed E-state index contributed by atoms with van der Waals surface area (Å²) in [6.07, 6.45) is -26.7. The second-order valence-electron chi connectivity index (χ2n) is 14.9. The molecule has 0 spiro atoms. The first-order valence-corrected chi connectivity index (χ1v) is 20.3. The van der Waals surface area contributed by atoms with Crippen LogP contribution in [0.4, 0.5) is 0 Å². The van der Waals surface area contributed by atoms with E-state index in [1.165, 1.54) is 0 Å². The molecule has 0 saturated carbocycles. The summed E-state index contributed by atoms with van der Waals surface area (Å²) in [5.74, 6) is -10.6. The number of carbonyl (C=O) groups excluding carboxylic acids is 11. The van der Waals surface area contributed by atoms with Crippen molar-refractivity contribution >= 4 is 65.7 Å². The van der Waals surface area contributed by atoms with Crippen LogP contribution in [0.5, 0.6) is 0 Å². The molecule has 67 heavy (non-hydrogen) atoms. The van der Waals surface area contributed by atoms with Gasteiger partial charge in [-0.15, -0.1) is 0 Å². The zero-order chi connectivity index (χ0) is 50.4. The summed E-state index contributed by atoms with van der Waals surface area (Å²) >= 11 is 0. The van der Waals surface area contributed by atoms with E-state index in [4.69, 9.17) is 75.8 Å². The summed E-state index contributed by atoms with van der Waals surface area (Å²) in [7, 11) is 0. The first-order valence-electron chi connectivity index (χ1n) is 20.3. The molecule has 376 valence electrons. The van der Waals surface area contributed by atoms with Gasteiger partial charge in [0.25, 0.3) is 0 Å². The second kappa shape index (κ2) is 25.2. The van der Waals surface area contributed by atoms with Crippen LogP contribution in [0, 0.1) is 0 Å². The smallest absolute Gasteiger partial charge is 0.305 e. The van der Waals surface area contributed by atoms with Gasteiger partial charge in [0, 0.05) is 76.2 Å². The lowest BCUT2D eigenvalue weighted by molar-refractivity contribution is -0.363.